The number of ether oxygens (including phenoxy) is 2. The number of benzene rings is 2. The van der Waals surface area contributed by atoms with E-state index in [4.69, 9.17) is 9.47 Å². The first-order valence-corrected chi connectivity index (χ1v) is 13.8. The molecular weight excluding hydrogens is 528 g/mol. The van der Waals surface area contributed by atoms with E-state index in [0.29, 0.717) is 22.0 Å². The molecule has 0 unspecified atom stereocenters. The van der Waals surface area contributed by atoms with E-state index in [1.807, 2.05) is 0 Å². The lowest BCUT2D eigenvalue weighted by Crippen LogP contribution is -2.56. The van der Waals surface area contributed by atoms with E-state index in [0.717, 1.165) is 4.90 Å². The summed E-state index contributed by atoms with van der Waals surface area (Å²) in [5.41, 5.74) is 0.561. The van der Waals surface area contributed by atoms with Crippen LogP contribution in [0, 0.1) is 5.92 Å². The molecule has 0 aliphatic carbocycles. The highest BCUT2D eigenvalue weighted by molar-refractivity contribution is 7.89. The summed E-state index contributed by atoms with van der Waals surface area (Å²) in [7, 11) is -3.12. The van der Waals surface area contributed by atoms with Crippen molar-refractivity contribution in [1.29, 1.82) is 0 Å². The average molecular weight is 561 g/mol. The molecule has 39 heavy (non-hydrogen) atoms. The number of amides is 2. The van der Waals surface area contributed by atoms with Crippen LogP contribution in [0.3, 0.4) is 0 Å². The molecule has 2 aromatic rings. The highest BCUT2D eigenvalue weighted by Crippen LogP contribution is 2.23. The summed E-state index contributed by atoms with van der Waals surface area (Å²) in [5.74, 6) is -4.46. The van der Waals surface area contributed by atoms with Crippen molar-refractivity contribution in [2.45, 2.75) is 43.7 Å². The van der Waals surface area contributed by atoms with Gasteiger partial charge in [0, 0.05) is 19.6 Å². The van der Waals surface area contributed by atoms with E-state index in [1.165, 1.54) is 31.4 Å². The molecule has 11 nitrogen and oxygen atoms in total. The summed E-state index contributed by atoms with van der Waals surface area (Å²) in [4.78, 5) is 53.2. The first kappa shape index (κ1) is 29.8. The van der Waals surface area contributed by atoms with E-state index in [1.54, 1.807) is 44.2 Å². The Kier molecular flexibility index (Phi) is 9.81. The highest BCUT2D eigenvalue weighted by Gasteiger charge is 2.44. The fourth-order valence-corrected chi connectivity index (χ4v) is 5.84. The van der Waals surface area contributed by atoms with Crippen LogP contribution in [0.15, 0.2) is 59.5 Å². The fourth-order valence-electron chi connectivity index (χ4n) is 4.31. The molecule has 2 amide bonds. The van der Waals surface area contributed by atoms with Gasteiger partial charge in [-0.2, -0.15) is 0 Å². The van der Waals surface area contributed by atoms with Crippen molar-refractivity contribution in [3.8, 4) is 5.75 Å². The lowest BCUT2D eigenvalue weighted by molar-refractivity contribution is -0.149. The lowest BCUT2D eigenvalue weighted by atomic mass is 9.96. The van der Waals surface area contributed by atoms with Gasteiger partial charge in [0.15, 0.2) is 0 Å². The summed E-state index contributed by atoms with van der Waals surface area (Å²) in [6, 6.07) is 11.4. The van der Waals surface area contributed by atoms with Gasteiger partial charge in [0.2, 0.25) is 5.78 Å². The Hall–Kier alpha value is -3.77. The largest absolute Gasteiger partial charge is 0.497 e. The SMILES string of the molecule is COc1ccc(S(=O)(=O)N(CC(C)C)C(=O)C(=O)C(=O)[C@@H](Cc2ccccc2)N(C(=O)O)[C@H]2CCOC2)cc1. The number of rotatable bonds is 12. The summed E-state index contributed by atoms with van der Waals surface area (Å²) < 4.78 is 37.6. The van der Waals surface area contributed by atoms with Gasteiger partial charge in [0.05, 0.1) is 24.7 Å². The van der Waals surface area contributed by atoms with Crippen LogP contribution in [0.1, 0.15) is 25.8 Å². The Morgan fingerprint density at radius 1 is 1.05 bits per heavy atom. The van der Waals surface area contributed by atoms with Gasteiger partial charge in [-0.25, -0.2) is 17.5 Å². The molecule has 0 radical (unpaired) electrons. The Bertz CT molecular complexity index is 1290. The average Bonchev–Trinajstić information content (AvgIpc) is 3.44. The lowest BCUT2D eigenvalue weighted by Gasteiger charge is -2.32. The predicted molar refractivity (Wildman–Crippen MR) is 140 cm³/mol. The molecule has 1 fully saturated rings. The number of nitrogens with zero attached hydrogens (tertiary/aromatic N) is 2. The molecule has 210 valence electrons. The Labute approximate surface area is 227 Å². The van der Waals surface area contributed by atoms with Crippen molar-refractivity contribution in [3.05, 3.63) is 60.2 Å². The van der Waals surface area contributed by atoms with Gasteiger partial charge in [-0.05, 0) is 42.2 Å². The second kappa shape index (κ2) is 12.9. The molecule has 12 heteroatoms. The number of carboxylic acid groups (broad SMARTS) is 1. The van der Waals surface area contributed by atoms with Crippen LogP contribution in [0.4, 0.5) is 4.79 Å². The van der Waals surface area contributed by atoms with Gasteiger partial charge in [-0.15, -0.1) is 0 Å². The smallest absolute Gasteiger partial charge is 0.408 e. The fraction of sp³-hybridized carbons (Fsp3) is 0.407. The maximum absolute atomic E-state index is 13.6. The van der Waals surface area contributed by atoms with Gasteiger partial charge in [-0.1, -0.05) is 44.2 Å². The third kappa shape index (κ3) is 7.01. The molecule has 1 N–H and O–H groups in total. The van der Waals surface area contributed by atoms with Gasteiger partial charge < -0.3 is 14.6 Å². The molecule has 3 rings (SSSR count). The van der Waals surface area contributed by atoms with Gasteiger partial charge >= 0.3 is 12.0 Å². The number of ketones is 2. The second-order valence-corrected chi connectivity index (χ2v) is 11.4. The second-order valence-electron chi connectivity index (χ2n) is 9.52. The standard InChI is InChI=1S/C27H32N2O9S/c1-18(2)16-28(39(35,36)22-11-9-21(37-3)10-12-22)26(32)25(31)24(30)23(15-19-7-5-4-6-8-19)29(27(33)34)20-13-14-38-17-20/h4-12,18,20,23H,13-17H2,1-3H3,(H,33,34)/t20-,23+/m0/s1. The summed E-state index contributed by atoms with van der Waals surface area (Å²) in [5, 5.41) is 10.0. The van der Waals surface area contributed by atoms with Crippen molar-refractivity contribution in [2.24, 2.45) is 5.92 Å². The van der Waals surface area contributed by atoms with Crippen LogP contribution in [0.25, 0.3) is 0 Å². The maximum atomic E-state index is 13.6. The zero-order valence-corrected chi connectivity index (χ0v) is 22.8. The van der Waals surface area contributed by atoms with Crippen LogP contribution >= 0.6 is 0 Å². The number of sulfonamides is 1. The van der Waals surface area contributed by atoms with E-state index < -0.39 is 45.7 Å². The Morgan fingerprint density at radius 3 is 2.21 bits per heavy atom. The molecule has 1 aliphatic rings. The zero-order chi connectivity index (χ0) is 28.7. The minimum atomic E-state index is -4.53. The molecule has 1 heterocycles. The molecule has 0 aromatic heterocycles. The van der Waals surface area contributed by atoms with Crippen molar-refractivity contribution in [2.75, 3.05) is 26.9 Å². The normalized spacial score (nSPS) is 15.9. The number of carbonyl (C=O) groups is 4. The number of carbonyl (C=O) groups excluding carboxylic acids is 3. The van der Waals surface area contributed by atoms with Crippen LogP contribution in [0.5, 0.6) is 5.75 Å². The maximum Gasteiger partial charge on any atom is 0.408 e. The molecule has 0 saturated carbocycles. The van der Waals surface area contributed by atoms with Gasteiger partial charge in [0.1, 0.15) is 11.8 Å². The quantitative estimate of drug-likeness (QED) is 0.305. The van der Waals surface area contributed by atoms with Crippen molar-refractivity contribution in [1.82, 2.24) is 9.21 Å². The number of methoxy groups -OCH3 is 1. The molecule has 2 atom stereocenters. The topological polar surface area (TPSA) is 148 Å². The third-order valence-electron chi connectivity index (χ3n) is 6.25. The predicted octanol–water partition coefficient (Wildman–Crippen LogP) is 2.39. The molecule has 0 spiro atoms. The molecular formula is C27H32N2O9S. The first-order chi connectivity index (χ1) is 18.5. The summed E-state index contributed by atoms with van der Waals surface area (Å²) >= 11 is 0. The van der Waals surface area contributed by atoms with Crippen molar-refractivity contribution in [3.63, 3.8) is 0 Å². The molecule has 1 saturated heterocycles. The minimum absolute atomic E-state index is 0.0261. The summed E-state index contributed by atoms with van der Waals surface area (Å²) in [6.45, 7) is 3.24. The zero-order valence-electron chi connectivity index (χ0n) is 22.0. The first-order valence-electron chi connectivity index (χ1n) is 12.4. The van der Waals surface area contributed by atoms with Crippen LogP contribution < -0.4 is 4.74 Å². The summed E-state index contributed by atoms with van der Waals surface area (Å²) in [6.07, 6.45) is -1.33. The Balaban J connectivity index is 1.99. The van der Waals surface area contributed by atoms with E-state index in [2.05, 4.69) is 0 Å². The number of hydrogen-bond donors (Lipinski definition) is 1. The number of Topliss-reactive ketones (excluding diaryl/α,β-unsaturated/α-hetero) is 2. The van der Waals surface area contributed by atoms with E-state index in [-0.39, 0.29) is 37.0 Å². The molecule has 1 aliphatic heterocycles. The van der Waals surface area contributed by atoms with Crippen molar-refractivity contribution >= 4 is 33.6 Å². The van der Waals surface area contributed by atoms with Gasteiger partial charge in [0.25, 0.3) is 15.8 Å². The van der Waals surface area contributed by atoms with E-state index >= 15 is 0 Å². The Morgan fingerprint density at radius 2 is 1.69 bits per heavy atom. The monoisotopic (exact) mass is 560 g/mol. The van der Waals surface area contributed by atoms with Crippen LogP contribution in [-0.4, -0.2) is 85.2 Å². The van der Waals surface area contributed by atoms with Gasteiger partial charge in [-0.3, -0.25) is 19.3 Å². The van der Waals surface area contributed by atoms with Crippen molar-refractivity contribution < 1.29 is 42.2 Å². The third-order valence-corrected chi connectivity index (χ3v) is 8.02. The van der Waals surface area contributed by atoms with Crippen LogP contribution in [-0.2, 0) is 35.6 Å². The number of hydrogen-bond acceptors (Lipinski definition) is 8. The molecule has 2 aromatic carbocycles. The van der Waals surface area contributed by atoms with E-state index in [9.17, 15) is 32.7 Å². The molecule has 0 bridgehead atoms. The minimum Gasteiger partial charge on any atom is -0.497 e. The van der Waals surface area contributed by atoms with Crippen LogP contribution in [0.2, 0.25) is 0 Å². The highest BCUT2D eigenvalue weighted by atomic mass is 32.2.